The third-order valence-electron chi connectivity index (χ3n) is 3.15. The van der Waals surface area contributed by atoms with Gasteiger partial charge in [0.25, 0.3) is 5.22 Å². The van der Waals surface area contributed by atoms with Crippen LogP contribution in [0.4, 0.5) is 0 Å². The molecule has 0 N–H and O–H groups in total. The standard InChI is InChI=1S/C15H16N4O3S/c1-9(14-18-16-10(2)21-14)23-15-19-17-13(22-15)8-11-6-4-5-7-12(11)20-3/h4-7,9H,8H2,1-3H3/t9-/m1/s1. The van der Waals surface area contributed by atoms with Gasteiger partial charge in [0.15, 0.2) is 0 Å². The highest BCUT2D eigenvalue weighted by Crippen LogP contribution is 2.33. The quantitative estimate of drug-likeness (QED) is 0.636. The van der Waals surface area contributed by atoms with Crippen LogP contribution in [-0.4, -0.2) is 27.5 Å². The first kappa shape index (κ1) is 15.5. The summed E-state index contributed by atoms with van der Waals surface area (Å²) in [5, 5.41) is 16.4. The number of thioether (sulfide) groups is 1. The maximum atomic E-state index is 5.68. The van der Waals surface area contributed by atoms with Gasteiger partial charge in [-0.1, -0.05) is 30.0 Å². The van der Waals surface area contributed by atoms with Crippen molar-refractivity contribution in [3.05, 3.63) is 47.5 Å². The van der Waals surface area contributed by atoms with Crippen LogP contribution in [0.15, 0.2) is 38.3 Å². The van der Waals surface area contributed by atoms with Crippen LogP contribution < -0.4 is 4.74 Å². The average molecular weight is 332 g/mol. The molecule has 0 spiro atoms. The second-order valence-electron chi connectivity index (χ2n) is 4.87. The highest BCUT2D eigenvalue weighted by Gasteiger charge is 2.18. The topological polar surface area (TPSA) is 87.1 Å². The number of hydrogen-bond donors (Lipinski definition) is 0. The zero-order chi connectivity index (χ0) is 16.2. The molecule has 1 aromatic carbocycles. The molecule has 2 aromatic heterocycles. The summed E-state index contributed by atoms with van der Waals surface area (Å²) in [5.74, 6) is 2.41. The fraction of sp³-hybridized carbons (Fsp3) is 0.333. The van der Waals surface area contributed by atoms with E-state index in [1.807, 2.05) is 31.2 Å². The van der Waals surface area contributed by atoms with Crippen molar-refractivity contribution in [2.75, 3.05) is 7.11 Å². The van der Waals surface area contributed by atoms with E-state index in [-0.39, 0.29) is 5.25 Å². The Labute approximate surface area is 137 Å². The summed E-state index contributed by atoms with van der Waals surface area (Å²) in [6.07, 6.45) is 0.519. The first-order valence-corrected chi connectivity index (χ1v) is 7.94. The molecule has 23 heavy (non-hydrogen) atoms. The first-order valence-electron chi connectivity index (χ1n) is 7.06. The Morgan fingerprint density at radius 2 is 1.96 bits per heavy atom. The molecule has 0 radical (unpaired) electrons. The van der Waals surface area contributed by atoms with Crippen molar-refractivity contribution in [3.63, 3.8) is 0 Å². The Morgan fingerprint density at radius 3 is 2.70 bits per heavy atom. The Hall–Kier alpha value is -2.35. The first-order chi connectivity index (χ1) is 11.2. The van der Waals surface area contributed by atoms with Crippen LogP contribution in [0.5, 0.6) is 5.75 Å². The lowest BCUT2D eigenvalue weighted by Crippen LogP contribution is -1.93. The van der Waals surface area contributed by atoms with Gasteiger partial charge in [0.05, 0.1) is 18.8 Å². The van der Waals surface area contributed by atoms with Crippen LogP contribution in [0, 0.1) is 6.92 Å². The molecule has 0 bridgehead atoms. The molecule has 0 unspecified atom stereocenters. The highest BCUT2D eigenvalue weighted by atomic mass is 32.2. The van der Waals surface area contributed by atoms with Gasteiger partial charge in [-0.2, -0.15) is 0 Å². The second-order valence-corrected chi connectivity index (χ2v) is 6.16. The number of rotatable bonds is 6. The van der Waals surface area contributed by atoms with Crippen LogP contribution in [0.2, 0.25) is 0 Å². The normalized spacial score (nSPS) is 12.3. The molecule has 120 valence electrons. The number of benzene rings is 1. The summed E-state index contributed by atoms with van der Waals surface area (Å²) in [7, 11) is 1.64. The summed E-state index contributed by atoms with van der Waals surface area (Å²) >= 11 is 1.38. The van der Waals surface area contributed by atoms with Crippen LogP contribution in [0.3, 0.4) is 0 Å². The highest BCUT2D eigenvalue weighted by molar-refractivity contribution is 7.99. The van der Waals surface area contributed by atoms with Crippen molar-refractivity contribution >= 4 is 11.8 Å². The van der Waals surface area contributed by atoms with Gasteiger partial charge < -0.3 is 13.6 Å². The van der Waals surface area contributed by atoms with Gasteiger partial charge >= 0.3 is 0 Å². The van der Waals surface area contributed by atoms with Crippen LogP contribution in [0.1, 0.15) is 35.4 Å². The fourth-order valence-corrected chi connectivity index (χ4v) is 2.78. The number of methoxy groups -OCH3 is 1. The van der Waals surface area contributed by atoms with E-state index >= 15 is 0 Å². The zero-order valence-corrected chi connectivity index (χ0v) is 13.8. The van der Waals surface area contributed by atoms with Gasteiger partial charge in [-0.3, -0.25) is 0 Å². The number of ether oxygens (including phenoxy) is 1. The summed E-state index contributed by atoms with van der Waals surface area (Å²) in [4.78, 5) is 0. The van der Waals surface area contributed by atoms with Gasteiger partial charge in [-0.15, -0.1) is 20.4 Å². The van der Waals surface area contributed by atoms with Crippen molar-refractivity contribution in [1.82, 2.24) is 20.4 Å². The Morgan fingerprint density at radius 1 is 1.13 bits per heavy atom. The number of hydrogen-bond acceptors (Lipinski definition) is 8. The second kappa shape index (κ2) is 6.82. The molecule has 0 aliphatic rings. The minimum atomic E-state index is -0.0595. The molecule has 7 nitrogen and oxygen atoms in total. The number of para-hydroxylation sites is 1. The lowest BCUT2D eigenvalue weighted by Gasteiger charge is -2.05. The largest absolute Gasteiger partial charge is 0.496 e. The van der Waals surface area contributed by atoms with E-state index < -0.39 is 0 Å². The van der Waals surface area contributed by atoms with E-state index in [2.05, 4.69) is 20.4 Å². The van der Waals surface area contributed by atoms with Crippen LogP contribution in [0.25, 0.3) is 0 Å². The molecule has 0 aliphatic heterocycles. The van der Waals surface area contributed by atoms with Gasteiger partial charge in [-0.05, 0) is 13.0 Å². The smallest absolute Gasteiger partial charge is 0.277 e. The Kier molecular flexibility index (Phi) is 4.61. The Balaban J connectivity index is 1.68. The predicted molar refractivity (Wildman–Crippen MR) is 83.4 cm³/mol. The molecule has 0 aliphatic carbocycles. The average Bonchev–Trinajstić information content (AvgIpc) is 3.17. The van der Waals surface area contributed by atoms with Crippen molar-refractivity contribution < 1.29 is 13.6 Å². The minimum absolute atomic E-state index is 0.0595. The fourth-order valence-electron chi connectivity index (χ4n) is 2.05. The lowest BCUT2D eigenvalue weighted by atomic mass is 10.1. The predicted octanol–water partition coefficient (Wildman–Crippen LogP) is 3.21. The molecule has 0 saturated heterocycles. The SMILES string of the molecule is COc1ccccc1Cc1nnc(S[C@H](C)c2nnc(C)o2)o1. The van der Waals surface area contributed by atoms with E-state index in [1.54, 1.807) is 14.0 Å². The van der Waals surface area contributed by atoms with Gasteiger partial charge in [-0.25, -0.2) is 0 Å². The zero-order valence-electron chi connectivity index (χ0n) is 13.0. The molecule has 0 saturated carbocycles. The molecule has 3 aromatic rings. The molecular weight excluding hydrogens is 316 g/mol. The monoisotopic (exact) mass is 332 g/mol. The third kappa shape index (κ3) is 3.70. The summed E-state index contributed by atoms with van der Waals surface area (Å²) in [6.45, 7) is 3.70. The Bertz CT molecular complexity index is 786. The lowest BCUT2D eigenvalue weighted by molar-refractivity contribution is 0.399. The summed E-state index contributed by atoms with van der Waals surface area (Å²) in [6, 6.07) is 7.75. The minimum Gasteiger partial charge on any atom is -0.496 e. The molecule has 8 heteroatoms. The van der Waals surface area contributed by atoms with E-state index in [9.17, 15) is 0 Å². The van der Waals surface area contributed by atoms with Gasteiger partial charge in [0, 0.05) is 12.5 Å². The van der Waals surface area contributed by atoms with Gasteiger partial charge in [0.1, 0.15) is 5.75 Å². The van der Waals surface area contributed by atoms with E-state index in [0.29, 0.717) is 29.3 Å². The van der Waals surface area contributed by atoms with Crippen molar-refractivity contribution in [2.45, 2.75) is 30.7 Å². The van der Waals surface area contributed by atoms with Gasteiger partial charge in [0.2, 0.25) is 17.7 Å². The molecule has 0 amide bonds. The molecular formula is C15H16N4O3S. The third-order valence-corrected chi connectivity index (χ3v) is 4.07. The van der Waals surface area contributed by atoms with E-state index in [1.165, 1.54) is 11.8 Å². The van der Waals surface area contributed by atoms with E-state index in [0.717, 1.165) is 11.3 Å². The molecule has 0 fully saturated rings. The molecule has 2 heterocycles. The van der Waals surface area contributed by atoms with Crippen molar-refractivity contribution in [2.24, 2.45) is 0 Å². The van der Waals surface area contributed by atoms with E-state index in [4.69, 9.17) is 13.6 Å². The molecule has 3 rings (SSSR count). The van der Waals surface area contributed by atoms with Crippen LogP contribution in [-0.2, 0) is 6.42 Å². The van der Waals surface area contributed by atoms with Crippen molar-refractivity contribution in [3.8, 4) is 5.75 Å². The number of nitrogens with zero attached hydrogens (tertiary/aromatic N) is 4. The maximum absolute atomic E-state index is 5.68. The number of aromatic nitrogens is 4. The molecule has 1 atom stereocenters. The summed E-state index contributed by atoms with van der Waals surface area (Å²) < 4.78 is 16.4. The summed E-state index contributed by atoms with van der Waals surface area (Å²) in [5.41, 5.74) is 0.996. The van der Waals surface area contributed by atoms with Crippen LogP contribution >= 0.6 is 11.8 Å². The maximum Gasteiger partial charge on any atom is 0.277 e. The number of aryl methyl sites for hydroxylation is 1. The van der Waals surface area contributed by atoms with Crippen molar-refractivity contribution in [1.29, 1.82) is 0 Å².